The predicted octanol–water partition coefficient (Wildman–Crippen LogP) is 3.54. The van der Waals surface area contributed by atoms with E-state index in [0.717, 1.165) is 43.1 Å². The van der Waals surface area contributed by atoms with Gasteiger partial charge in [0.1, 0.15) is 5.75 Å². The number of ether oxygens (including phenoxy) is 1. The number of nitrogens with zero attached hydrogens (tertiary/aromatic N) is 3. The smallest absolute Gasteiger partial charge is 0.258 e. The third-order valence-electron chi connectivity index (χ3n) is 6.22. The van der Waals surface area contributed by atoms with Gasteiger partial charge in [0.25, 0.3) is 5.56 Å². The quantitative estimate of drug-likeness (QED) is 0.687. The lowest BCUT2D eigenvalue weighted by molar-refractivity contribution is 0.114. The first-order valence-corrected chi connectivity index (χ1v) is 10.2. The molecule has 0 saturated carbocycles. The zero-order chi connectivity index (χ0) is 19.8. The summed E-state index contributed by atoms with van der Waals surface area (Å²) in [4.78, 5) is 19.9. The van der Waals surface area contributed by atoms with Gasteiger partial charge in [0, 0.05) is 61.3 Å². The molecule has 4 heterocycles. The summed E-state index contributed by atoms with van der Waals surface area (Å²) in [5.74, 6) is 1.82. The molecular weight excluding hydrogens is 362 g/mol. The average molecular weight is 387 g/mol. The minimum atomic E-state index is 0.119. The number of methoxy groups -OCH3 is 1. The number of fused-ring (bicyclic) bond motifs is 4. The topological polar surface area (TPSA) is 47.4 Å². The second kappa shape index (κ2) is 7.48. The molecule has 0 aliphatic carbocycles. The van der Waals surface area contributed by atoms with E-state index < -0.39 is 0 Å². The van der Waals surface area contributed by atoms with Gasteiger partial charge < -0.3 is 9.30 Å². The first-order valence-electron chi connectivity index (χ1n) is 10.2. The molecule has 2 bridgehead atoms. The summed E-state index contributed by atoms with van der Waals surface area (Å²) in [6.45, 7) is 3.77. The SMILES string of the molecule is COc1ccc(CN2C[C@H]3C[C@H](C2)c2ccc(-c4cccnc4)c(=O)n2C3)cc1. The first kappa shape index (κ1) is 18.1. The van der Waals surface area contributed by atoms with Gasteiger partial charge >= 0.3 is 0 Å². The predicted molar refractivity (Wildman–Crippen MR) is 113 cm³/mol. The van der Waals surface area contributed by atoms with Crippen molar-refractivity contribution < 1.29 is 4.74 Å². The van der Waals surface area contributed by atoms with Crippen LogP contribution in [-0.4, -0.2) is 34.7 Å². The van der Waals surface area contributed by atoms with Crippen molar-refractivity contribution in [1.82, 2.24) is 14.5 Å². The van der Waals surface area contributed by atoms with Crippen LogP contribution in [0.3, 0.4) is 0 Å². The molecule has 2 atom stereocenters. The van der Waals surface area contributed by atoms with E-state index in [4.69, 9.17) is 4.74 Å². The number of aromatic nitrogens is 2. The summed E-state index contributed by atoms with van der Waals surface area (Å²) >= 11 is 0. The number of hydrogen-bond acceptors (Lipinski definition) is 4. The van der Waals surface area contributed by atoms with Crippen molar-refractivity contribution in [1.29, 1.82) is 0 Å². The van der Waals surface area contributed by atoms with Crippen LogP contribution >= 0.6 is 0 Å². The molecule has 148 valence electrons. The van der Waals surface area contributed by atoms with E-state index in [-0.39, 0.29) is 5.56 Å². The van der Waals surface area contributed by atoms with Crippen LogP contribution in [0.1, 0.15) is 23.6 Å². The highest BCUT2D eigenvalue weighted by atomic mass is 16.5. The number of rotatable bonds is 4. The Morgan fingerprint density at radius 1 is 1.07 bits per heavy atom. The molecule has 2 aliphatic rings. The third-order valence-corrected chi connectivity index (χ3v) is 6.22. The molecule has 29 heavy (non-hydrogen) atoms. The maximum atomic E-state index is 13.2. The highest BCUT2D eigenvalue weighted by molar-refractivity contribution is 5.61. The summed E-state index contributed by atoms with van der Waals surface area (Å²) in [6.07, 6.45) is 4.68. The first-order chi connectivity index (χ1) is 14.2. The van der Waals surface area contributed by atoms with Crippen molar-refractivity contribution in [3.8, 4) is 16.9 Å². The van der Waals surface area contributed by atoms with E-state index >= 15 is 0 Å². The van der Waals surface area contributed by atoms with Crippen LogP contribution in [-0.2, 0) is 13.1 Å². The monoisotopic (exact) mass is 387 g/mol. The van der Waals surface area contributed by atoms with Gasteiger partial charge in [-0.05, 0) is 48.2 Å². The summed E-state index contributed by atoms with van der Waals surface area (Å²) in [5.41, 5.74) is 4.24. The van der Waals surface area contributed by atoms with E-state index in [1.165, 1.54) is 17.7 Å². The van der Waals surface area contributed by atoms with Crippen LogP contribution in [0.4, 0.5) is 0 Å². The number of likely N-dealkylation sites (tertiary alicyclic amines) is 1. The number of piperidine rings is 1. The van der Waals surface area contributed by atoms with E-state index in [2.05, 4.69) is 28.1 Å². The fourth-order valence-electron chi connectivity index (χ4n) is 4.90. The second-order valence-electron chi connectivity index (χ2n) is 8.17. The van der Waals surface area contributed by atoms with E-state index in [1.807, 2.05) is 34.9 Å². The van der Waals surface area contributed by atoms with Crippen molar-refractivity contribution in [2.45, 2.75) is 25.4 Å². The zero-order valence-corrected chi connectivity index (χ0v) is 16.6. The van der Waals surface area contributed by atoms with Crippen molar-refractivity contribution in [2.24, 2.45) is 5.92 Å². The molecule has 5 heteroatoms. The van der Waals surface area contributed by atoms with Crippen LogP contribution in [0.2, 0.25) is 0 Å². The standard InChI is InChI=1S/C24H25N3O2/c1-29-21-6-4-17(5-7-21)13-26-14-18-11-20(16-26)23-9-8-22(24(28)27(23)15-18)19-3-2-10-25-12-19/h2-10,12,18,20H,11,13-16H2,1H3/t18-,20-/m1/s1. The molecule has 0 radical (unpaired) electrons. The lowest BCUT2D eigenvalue weighted by Gasteiger charge is -2.43. The lowest BCUT2D eigenvalue weighted by atomic mass is 9.82. The van der Waals surface area contributed by atoms with Gasteiger partial charge in [0.05, 0.1) is 7.11 Å². The number of pyridine rings is 2. The molecule has 1 fully saturated rings. The Morgan fingerprint density at radius 3 is 2.69 bits per heavy atom. The van der Waals surface area contributed by atoms with Gasteiger partial charge in [-0.2, -0.15) is 0 Å². The van der Waals surface area contributed by atoms with Crippen LogP contribution in [0.5, 0.6) is 5.75 Å². The maximum Gasteiger partial charge on any atom is 0.258 e. The molecule has 5 rings (SSSR count). The fraction of sp³-hybridized carbons (Fsp3) is 0.333. The van der Waals surface area contributed by atoms with Crippen molar-refractivity contribution >= 4 is 0 Å². The Morgan fingerprint density at radius 2 is 1.93 bits per heavy atom. The van der Waals surface area contributed by atoms with Crippen LogP contribution in [0.15, 0.2) is 65.7 Å². The van der Waals surface area contributed by atoms with Crippen LogP contribution in [0, 0.1) is 5.92 Å². The van der Waals surface area contributed by atoms with E-state index in [1.54, 1.807) is 19.5 Å². The lowest BCUT2D eigenvalue weighted by Crippen LogP contribution is -2.46. The van der Waals surface area contributed by atoms with E-state index in [9.17, 15) is 4.79 Å². The summed E-state index contributed by atoms with van der Waals surface area (Å²) < 4.78 is 7.28. The third kappa shape index (κ3) is 3.47. The summed E-state index contributed by atoms with van der Waals surface area (Å²) in [5, 5.41) is 0. The van der Waals surface area contributed by atoms with Crippen LogP contribution < -0.4 is 10.3 Å². The molecule has 2 aromatic heterocycles. The molecule has 0 N–H and O–H groups in total. The van der Waals surface area contributed by atoms with Crippen molar-refractivity contribution in [2.75, 3.05) is 20.2 Å². The maximum absolute atomic E-state index is 13.2. The molecular formula is C24H25N3O2. The largest absolute Gasteiger partial charge is 0.497 e. The number of hydrogen-bond donors (Lipinski definition) is 0. The van der Waals surface area contributed by atoms with Gasteiger partial charge in [0.2, 0.25) is 0 Å². The Balaban J connectivity index is 1.39. The van der Waals surface area contributed by atoms with Gasteiger partial charge in [-0.3, -0.25) is 14.7 Å². The molecule has 0 amide bonds. The Labute approximate surface area is 170 Å². The second-order valence-corrected chi connectivity index (χ2v) is 8.17. The molecule has 0 unspecified atom stereocenters. The normalized spacial score (nSPS) is 20.9. The highest BCUT2D eigenvalue weighted by Gasteiger charge is 2.34. The minimum Gasteiger partial charge on any atom is -0.497 e. The average Bonchev–Trinajstić information content (AvgIpc) is 2.76. The van der Waals surface area contributed by atoms with Crippen molar-refractivity contribution in [3.05, 3.63) is 82.5 Å². The van der Waals surface area contributed by atoms with Crippen molar-refractivity contribution in [3.63, 3.8) is 0 Å². The van der Waals surface area contributed by atoms with E-state index in [0.29, 0.717) is 11.8 Å². The fourth-order valence-corrected chi connectivity index (χ4v) is 4.90. The van der Waals surface area contributed by atoms with Gasteiger partial charge in [-0.25, -0.2) is 0 Å². The molecule has 3 aromatic rings. The zero-order valence-electron chi connectivity index (χ0n) is 16.6. The number of benzene rings is 1. The van der Waals surface area contributed by atoms with Gasteiger partial charge in [0.15, 0.2) is 0 Å². The van der Waals surface area contributed by atoms with Gasteiger partial charge in [-0.1, -0.05) is 18.2 Å². The Hall–Kier alpha value is -2.92. The summed E-state index contributed by atoms with van der Waals surface area (Å²) in [7, 11) is 1.69. The molecule has 5 nitrogen and oxygen atoms in total. The molecule has 0 spiro atoms. The minimum absolute atomic E-state index is 0.119. The Bertz CT molecular complexity index is 1060. The molecule has 1 aromatic carbocycles. The highest BCUT2D eigenvalue weighted by Crippen LogP contribution is 2.36. The Kier molecular flexibility index (Phi) is 4.68. The van der Waals surface area contributed by atoms with Gasteiger partial charge in [-0.15, -0.1) is 0 Å². The molecule has 1 saturated heterocycles. The molecule has 2 aliphatic heterocycles. The summed E-state index contributed by atoms with van der Waals surface area (Å²) in [6, 6.07) is 16.3. The van der Waals surface area contributed by atoms with Crippen LogP contribution in [0.25, 0.3) is 11.1 Å².